The molecule has 2 aromatic carbocycles. The SMILES string of the molecule is O=C(NCc1ccccc1CS(=O)(=O)N1CCOCC1)c1ccccc1. The highest BCUT2D eigenvalue weighted by atomic mass is 32.2. The second-order valence-electron chi connectivity index (χ2n) is 6.09. The van der Waals surface area contributed by atoms with Crippen LogP contribution in [0.25, 0.3) is 0 Å². The fraction of sp³-hybridized carbons (Fsp3) is 0.316. The molecule has 1 amide bonds. The van der Waals surface area contributed by atoms with Gasteiger partial charge in [0, 0.05) is 25.2 Å². The van der Waals surface area contributed by atoms with Crippen molar-refractivity contribution in [2.24, 2.45) is 0 Å². The Labute approximate surface area is 153 Å². The molecule has 26 heavy (non-hydrogen) atoms. The first-order valence-corrected chi connectivity index (χ1v) is 10.1. The molecular formula is C19H22N2O4S. The zero-order valence-corrected chi connectivity index (χ0v) is 15.2. The van der Waals surface area contributed by atoms with Crippen LogP contribution in [-0.4, -0.2) is 44.9 Å². The van der Waals surface area contributed by atoms with E-state index >= 15 is 0 Å². The lowest BCUT2D eigenvalue weighted by Crippen LogP contribution is -2.41. The van der Waals surface area contributed by atoms with Gasteiger partial charge in [0.1, 0.15) is 0 Å². The first kappa shape index (κ1) is 18.6. The van der Waals surface area contributed by atoms with Gasteiger partial charge in [-0.1, -0.05) is 42.5 Å². The molecule has 1 fully saturated rings. The summed E-state index contributed by atoms with van der Waals surface area (Å²) in [6.45, 7) is 1.90. The Kier molecular flexibility index (Phi) is 6.03. The van der Waals surface area contributed by atoms with Gasteiger partial charge in [0.15, 0.2) is 0 Å². The molecule has 0 radical (unpaired) electrons. The topological polar surface area (TPSA) is 75.7 Å². The Morgan fingerprint density at radius 1 is 0.962 bits per heavy atom. The lowest BCUT2D eigenvalue weighted by Gasteiger charge is -2.26. The summed E-state index contributed by atoms with van der Waals surface area (Å²) in [5.74, 6) is -0.263. The van der Waals surface area contributed by atoms with E-state index in [1.807, 2.05) is 24.3 Å². The molecule has 3 rings (SSSR count). The molecule has 0 spiro atoms. The highest BCUT2D eigenvalue weighted by molar-refractivity contribution is 7.88. The number of nitrogens with one attached hydrogen (secondary N) is 1. The van der Waals surface area contributed by atoms with Gasteiger partial charge in [-0.2, -0.15) is 4.31 Å². The number of morpholine rings is 1. The average Bonchev–Trinajstić information content (AvgIpc) is 2.68. The minimum absolute atomic E-state index is 0.0790. The third-order valence-electron chi connectivity index (χ3n) is 4.30. The van der Waals surface area contributed by atoms with Crippen LogP contribution >= 0.6 is 0 Å². The normalized spacial score (nSPS) is 15.5. The Morgan fingerprint density at radius 2 is 1.58 bits per heavy atom. The smallest absolute Gasteiger partial charge is 0.251 e. The second kappa shape index (κ2) is 8.44. The summed E-state index contributed by atoms with van der Waals surface area (Å²) >= 11 is 0. The Morgan fingerprint density at radius 3 is 2.27 bits per heavy atom. The molecule has 1 heterocycles. The van der Waals surface area contributed by atoms with Gasteiger partial charge in [0.25, 0.3) is 5.91 Å². The maximum Gasteiger partial charge on any atom is 0.251 e. The van der Waals surface area contributed by atoms with E-state index in [9.17, 15) is 13.2 Å². The van der Waals surface area contributed by atoms with E-state index in [-0.39, 0.29) is 18.2 Å². The van der Waals surface area contributed by atoms with Gasteiger partial charge in [-0.15, -0.1) is 0 Å². The summed E-state index contributed by atoms with van der Waals surface area (Å²) in [6.07, 6.45) is 0. The molecule has 1 N–H and O–H groups in total. The third-order valence-corrected chi connectivity index (χ3v) is 6.12. The van der Waals surface area contributed by atoms with Crippen LogP contribution in [0.4, 0.5) is 0 Å². The molecular weight excluding hydrogens is 352 g/mol. The minimum Gasteiger partial charge on any atom is -0.379 e. The van der Waals surface area contributed by atoms with Gasteiger partial charge in [-0.05, 0) is 23.3 Å². The van der Waals surface area contributed by atoms with Crippen molar-refractivity contribution in [1.82, 2.24) is 9.62 Å². The maximum atomic E-state index is 12.6. The molecule has 0 bridgehead atoms. The molecule has 0 aliphatic carbocycles. The molecule has 138 valence electrons. The number of amides is 1. The second-order valence-corrected chi connectivity index (χ2v) is 8.05. The van der Waals surface area contributed by atoms with Gasteiger partial charge in [0.05, 0.1) is 19.0 Å². The third kappa shape index (κ3) is 4.69. The van der Waals surface area contributed by atoms with E-state index in [1.54, 1.807) is 30.3 Å². The lowest BCUT2D eigenvalue weighted by molar-refractivity contribution is 0.0729. The van der Waals surface area contributed by atoms with Crippen LogP contribution in [-0.2, 0) is 27.1 Å². The molecule has 0 atom stereocenters. The number of nitrogens with zero attached hydrogens (tertiary/aromatic N) is 1. The van der Waals surface area contributed by atoms with Crippen LogP contribution in [0.5, 0.6) is 0 Å². The lowest BCUT2D eigenvalue weighted by atomic mass is 10.1. The zero-order chi connectivity index (χ0) is 18.4. The Bertz CT molecular complexity index is 847. The van der Waals surface area contributed by atoms with E-state index in [0.717, 1.165) is 5.56 Å². The van der Waals surface area contributed by atoms with Crippen LogP contribution in [0.1, 0.15) is 21.5 Å². The predicted octanol–water partition coefficient (Wildman–Crippen LogP) is 1.78. The van der Waals surface area contributed by atoms with Crippen LogP contribution in [0.15, 0.2) is 54.6 Å². The molecule has 1 aliphatic heterocycles. The summed E-state index contributed by atoms with van der Waals surface area (Å²) in [4.78, 5) is 12.2. The van der Waals surface area contributed by atoms with Gasteiger partial charge >= 0.3 is 0 Å². The van der Waals surface area contributed by atoms with Crippen molar-refractivity contribution < 1.29 is 17.9 Å². The summed E-state index contributed by atoms with van der Waals surface area (Å²) in [5.41, 5.74) is 2.08. The van der Waals surface area contributed by atoms with E-state index < -0.39 is 10.0 Å². The summed E-state index contributed by atoms with van der Waals surface area (Å²) in [7, 11) is -3.41. The highest BCUT2D eigenvalue weighted by Crippen LogP contribution is 2.16. The van der Waals surface area contributed by atoms with E-state index in [0.29, 0.717) is 37.4 Å². The molecule has 0 aromatic heterocycles. The molecule has 0 saturated carbocycles. The number of rotatable bonds is 6. The van der Waals surface area contributed by atoms with Crippen molar-refractivity contribution in [1.29, 1.82) is 0 Å². The number of hydrogen-bond donors (Lipinski definition) is 1. The largest absolute Gasteiger partial charge is 0.379 e. The summed E-state index contributed by atoms with van der Waals surface area (Å²) < 4.78 is 32.0. The van der Waals surface area contributed by atoms with Crippen LogP contribution in [0.2, 0.25) is 0 Å². The molecule has 7 heteroatoms. The summed E-state index contributed by atoms with van der Waals surface area (Å²) in [6, 6.07) is 16.2. The minimum atomic E-state index is -3.41. The number of ether oxygens (including phenoxy) is 1. The van der Waals surface area contributed by atoms with Crippen LogP contribution in [0.3, 0.4) is 0 Å². The fourth-order valence-corrected chi connectivity index (χ4v) is 4.41. The molecule has 2 aromatic rings. The first-order chi connectivity index (χ1) is 12.6. The van der Waals surface area contributed by atoms with E-state index in [2.05, 4.69) is 5.32 Å². The molecule has 1 aliphatic rings. The van der Waals surface area contributed by atoms with Crippen molar-refractivity contribution >= 4 is 15.9 Å². The monoisotopic (exact) mass is 374 g/mol. The Balaban J connectivity index is 1.69. The number of sulfonamides is 1. The van der Waals surface area contributed by atoms with Gasteiger partial charge in [-0.3, -0.25) is 4.79 Å². The first-order valence-electron chi connectivity index (χ1n) is 8.52. The zero-order valence-electron chi connectivity index (χ0n) is 14.4. The average molecular weight is 374 g/mol. The standard InChI is InChI=1S/C19H22N2O4S/c22-19(16-6-2-1-3-7-16)20-14-17-8-4-5-9-18(17)15-26(23,24)21-10-12-25-13-11-21/h1-9H,10-15H2,(H,20,22). The number of hydrogen-bond acceptors (Lipinski definition) is 4. The van der Waals surface area contributed by atoms with E-state index in [4.69, 9.17) is 4.74 Å². The van der Waals surface area contributed by atoms with Crippen LogP contribution < -0.4 is 5.32 Å². The molecule has 0 unspecified atom stereocenters. The maximum absolute atomic E-state index is 12.6. The number of benzene rings is 2. The Hall–Kier alpha value is -2.22. The number of carbonyl (C=O) groups is 1. The van der Waals surface area contributed by atoms with Gasteiger partial charge < -0.3 is 10.1 Å². The molecule has 1 saturated heterocycles. The quantitative estimate of drug-likeness (QED) is 0.836. The van der Waals surface area contributed by atoms with Crippen molar-refractivity contribution in [3.8, 4) is 0 Å². The summed E-state index contributed by atoms with van der Waals surface area (Å²) in [5, 5.41) is 2.85. The van der Waals surface area contributed by atoms with Gasteiger partial charge in [0.2, 0.25) is 10.0 Å². The predicted molar refractivity (Wildman–Crippen MR) is 99.1 cm³/mol. The number of carbonyl (C=O) groups excluding carboxylic acids is 1. The van der Waals surface area contributed by atoms with E-state index in [1.165, 1.54) is 4.31 Å². The van der Waals surface area contributed by atoms with Crippen molar-refractivity contribution in [3.63, 3.8) is 0 Å². The van der Waals surface area contributed by atoms with Crippen molar-refractivity contribution in [2.45, 2.75) is 12.3 Å². The van der Waals surface area contributed by atoms with Crippen molar-refractivity contribution in [3.05, 3.63) is 71.3 Å². The van der Waals surface area contributed by atoms with Crippen LogP contribution in [0, 0.1) is 0 Å². The van der Waals surface area contributed by atoms with Gasteiger partial charge in [-0.25, -0.2) is 8.42 Å². The molecule has 6 nitrogen and oxygen atoms in total. The fourth-order valence-electron chi connectivity index (χ4n) is 2.85. The highest BCUT2D eigenvalue weighted by Gasteiger charge is 2.25. The van der Waals surface area contributed by atoms with Crippen molar-refractivity contribution in [2.75, 3.05) is 26.3 Å².